The van der Waals surface area contributed by atoms with E-state index in [0.29, 0.717) is 24.0 Å². The lowest BCUT2D eigenvalue weighted by Crippen LogP contribution is -2.14. The summed E-state index contributed by atoms with van der Waals surface area (Å²) in [7, 11) is 0. The zero-order valence-electron chi connectivity index (χ0n) is 11.1. The first-order valence-corrected chi connectivity index (χ1v) is 6.42. The fraction of sp³-hybridized carbons (Fsp3) is 0.200. The van der Waals surface area contributed by atoms with Crippen LogP contribution < -0.4 is 5.73 Å². The normalized spacial score (nSPS) is 12.5. The molecule has 0 saturated heterocycles. The Morgan fingerprint density at radius 2 is 2.00 bits per heavy atom. The van der Waals surface area contributed by atoms with Gasteiger partial charge in [0.1, 0.15) is 0 Å². The molecule has 1 aromatic carbocycles. The van der Waals surface area contributed by atoms with Gasteiger partial charge in [0.2, 0.25) is 11.7 Å². The van der Waals surface area contributed by atoms with E-state index in [0.717, 1.165) is 11.1 Å². The Bertz CT molecular complexity index is 688. The second-order valence-electron chi connectivity index (χ2n) is 4.59. The fourth-order valence-electron chi connectivity index (χ4n) is 2.14. The van der Waals surface area contributed by atoms with Gasteiger partial charge in [-0.2, -0.15) is 4.98 Å². The van der Waals surface area contributed by atoms with E-state index in [2.05, 4.69) is 10.1 Å². The smallest absolute Gasteiger partial charge is 0.238 e. The monoisotopic (exact) mass is 269 g/mol. The van der Waals surface area contributed by atoms with Crippen LogP contribution in [0, 0.1) is 6.92 Å². The summed E-state index contributed by atoms with van der Waals surface area (Å²) in [5, 5.41) is 3.98. The van der Waals surface area contributed by atoms with E-state index < -0.39 is 0 Å². The van der Waals surface area contributed by atoms with E-state index >= 15 is 0 Å². The summed E-state index contributed by atoms with van der Waals surface area (Å²) in [5.74, 6) is 1.48. The van der Waals surface area contributed by atoms with Crippen molar-refractivity contribution < 1.29 is 8.94 Å². The molecule has 5 heteroatoms. The van der Waals surface area contributed by atoms with Crippen molar-refractivity contribution in [3.8, 4) is 11.6 Å². The summed E-state index contributed by atoms with van der Waals surface area (Å²) in [6, 6.07) is 11.8. The van der Waals surface area contributed by atoms with Gasteiger partial charge in [-0.25, -0.2) is 0 Å². The molecule has 20 heavy (non-hydrogen) atoms. The van der Waals surface area contributed by atoms with Crippen molar-refractivity contribution in [1.82, 2.24) is 10.1 Å². The molecule has 0 radical (unpaired) electrons. The van der Waals surface area contributed by atoms with Crippen LogP contribution in [0.4, 0.5) is 0 Å². The summed E-state index contributed by atoms with van der Waals surface area (Å²) in [5.41, 5.74) is 7.87. The summed E-state index contributed by atoms with van der Waals surface area (Å²) in [4.78, 5) is 4.41. The maximum absolute atomic E-state index is 5.84. The van der Waals surface area contributed by atoms with Crippen LogP contribution in [0.15, 0.2) is 51.6 Å². The number of benzene rings is 1. The molecule has 0 aliphatic carbocycles. The zero-order valence-corrected chi connectivity index (χ0v) is 11.1. The molecule has 3 rings (SSSR count). The third kappa shape index (κ3) is 2.23. The average Bonchev–Trinajstić information content (AvgIpc) is 3.10. The number of furan rings is 1. The van der Waals surface area contributed by atoms with Crippen molar-refractivity contribution in [2.24, 2.45) is 5.73 Å². The molecule has 5 nitrogen and oxygen atoms in total. The maximum atomic E-state index is 5.84. The maximum Gasteiger partial charge on any atom is 0.238 e. The van der Waals surface area contributed by atoms with Crippen molar-refractivity contribution in [3.05, 3.63) is 59.7 Å². The highest BCUT2D eigenvalue weighted by Gasteiger charge is 2.21. The topological polar surface area (TPSA) is 78.1 Å². The lowest BCUT2D eigenvalue weighted by atomic mass is 9.99. The van der Waals surface area contributed by atoms with E-state index in [-0.39, 0.29) is 5.92 Å². The number of hydrogen-bond donors (Lipinski definition) is 1. The number of rotatable bonds is 4. The Morgan fingerprint density at radius 1 is 1.20 bits per heavy atom. The van der Waals surface area contributed by atoms with Crippen LogP contribution in [0.25, 0.3) is 11.6 Å². The van der Waals surface area contributed by atoms with Crippen LogP contribution >= 0.6 is 0 Å². The molecule has 0 aliphatic rings. The Labute approximate surface area is 116 Å². The predicted octanol–water partition coefficient (Wildman–Crippen LogP) is 2.73. The molecule has 0 amide bonds. The van der Waals surface area contributed by atoms with Gasteiger partial charge in [0.05, 0.1) is 12.2 Å². The second kappa shape index (κ2) is 5.30. The van der Waals surface area contributed by atoms with Crippen LogP contribution in [0.1, 0.15) is 22.9 Å². The van der Waals surface area contributed by atoms with Gasteiger partial charge in [0, 0.05) is 6.54 Å². The van der Waals surface area contributed by atoms with Crippen molar-refractivity contribution >= 4 is 0 Å². The number of aryl methyl sites for hydroxylation is 1. The third-order valence-corrected chi connectivity index (χ3v) is 3.24. The van der Waals surface area contributed by atoms with Crippen LogP contribution in [-0.2, 0) is 0 Å². The number of nitrogens with zero attached hydrogens (tertiary/aromatic N) is 2. The van der Waals surface area contributed by atoms with Gasteiger partial charge in [-0.15, -0.1) is 0 Å². The Balaban J connectivity index is 1.95. The summed E-state index contributed by atoms with van der Waals surface area (Å²) < 4.78 is 10.7. The van der Waals surface area contributed by atoms with Crippen molar-refractivity contribution in [3.63, 3.8) is 0 Å². The predicted molar refractivity (Wildman–Crippen MR) is 74.1 cm³/mol. The van der Waals surface area contributed by atoms with Gasteiger partial charge in [-0.05, 0) is 24.1 Å². The molecule has 0 spiro atoms. The van der Waals surface area contributed by atoms with Crippen molar-refractivity contribution in [1.29, 1.82) is 0 Å². The van der Waals surface area contributed by atoms with E-state index in [1.807, 2.05) is 43.3 Å². The molecule has 1 atom stereocenters. The van der Waals surface area contributed by atoms with Crippen LogP contribution in [0.3, 0.4) is 0 Å². The minimum atomic E-state index is -0.104. The minimum absolute atomic E-state index is 0.104. The summed E-state index contributed by atoms with van der Waals surface area (Å²) in [6.07, 6.45) is 1.61. The number of aromatic nitrogens is 2. The van der Waals surface area contributed by atoms with Gasteiger partial charge in [-0.1, -0.05) is 35.5 Å². The first-order chi connectivity index (χ1) is 9.79. The second-order valence-corrected chi connectivity index (χ2v) is 4.59. The van der Waals surface area contributed by atoms with E-state index in [4.69, 9.17) is 14.7 Å². The molecule has 2 heterocycles. The van der Waals surface area contributed by atoms with Gasteiger partial charge in [-0.3, -0.25) is 0 Å². The van der Waals surface area contributed by atoms with E-state index in [9.17, 15) is 0 Å². The lowest BCUT2D eigenvalue weighted by Gasteiger charge is -2.09. The number of nitrogens with two attached hydrogens (primary N) is 1. The first-order valence-electron chi connectivity index (χ1n) is 6.42. The van der Waals surface area contributed by atoms with E-state index in [1.54, 1.807) is 6.26 Å². The quantitative estimate of drug-likeness (QED) is 0.787. The average molecular weight is 269 g/mol. The Kier molecular flexibility index (Phi) is 3.35. The SMILES string of the molecule is Cc1ccoc1-c1noc(C(CN)c2ccccc2)n1. The standard InChI is InChI=1S/C15H15N3O2/c1-10-7-8-19-13(10)14-17-15(20-18-14)12(9-16)11-5-3-2-4-6-11/h2-8,12H,9,16H2,1H3. The van der Waals surface area contributed by atoms with Crippen LogP contribution in [0.5, 0.6) is 0 Å². The summed E-state index contributed by atoms with van der Waals surface area (Å²) >= 11 is 0. The first kappa shape index (κ1) is 12.6. The van der Waals surface area contributed by atoms with Gasteiger partial charge >= 0.3 is 0 Å². The molecule has 102 valence electrons. The van der Waals surface area contributed by atoms with Gasteiger partial charge in [0.15, 0.2) is 5.76 Å². The molecule has 1 unspecified atom stereocenters. The molecular formula is C15H15N3O2. The van der Waals surface area contributed by atoms with Gasteiger partial charge in [0.25, 0.3) is 0 Å². The molecule has 3 aromatic rings. The van der Waals surface area contributed by atoms with Gasteiger partial charge < -0.3 is 14.7 Å². The Morgan fingerprint density at radius 3 is 2.65 bits per heavy atom. The van der Waals surface area contributed by atoms with E-state index in [1.165, 1.54) is 0 Å². The van der Waals surface area contributed by atoms with Crippen LogP contribution in [-0.4, -0.2) is 16.7 Å². The molecule has 0 fully saturated rings. The molecule has 2 aromatic heterocycles. The highest BCUT2D eigenvalue weighted by Crippen LogP contribution is 2.26. The molecule has 0 bridgehead atoms. The largest absolute Gasteiger partial charge is 0.461 e. The molecule has 0 aliphatic heterocycles. The molecule has 0 saturated carbocycles. The van der Waals surface area contributed by atoms with Crippen LogP contribution in [0.2, 0.25) is 0 Å². The highest BCUT2D eigenvalue weighted by molar-refractivity contribution is 5.51. The third-order valence-electron chi connectivity index (χ3n) is 3.24. The Hall–Kier alpha value is -2.40. The summed E-state index contributed by atoms with van der Waals surface area (Å²) in [6.45, 7) is 2.34. The number of hydrogen-bond acceptors (Lipinski definition) is 5. The molecular weight excluding hydrogens is 254 g/mol. The lowest BCUT2D eigenvalue weighted by molar-refractivity contribution is 0.366. The highest BCUT2D eigenvalue weighted by atomic mass is 16.5. The zero-order chi connectivity index (χ0) is 13.9. The van der Waals surface area contributed by atoms with Crippen molar-refractivity contribution in [2.45, 2.75) is 12.8 Å². The van der Waals surface area contributed by atoms with Crippen molar-refractivity contribution in [2.75, 3.05) is 6.54 Å². The molecule has 2 N–H and O–H groups in total. The minimum Gasteiger partial charge on any atom is -0.461 e. The fourth-order valence-corrected chi connectivity index (χ4v) is 2.14.